The van der Waals surface area contributed by atoms with Crippen LogP contribution in [-0.2, 0) is 6.54 Å². The molecule has 68 valence electrons. The van der Waals surface area contributed by atoms with Crippen LogP contribution in [0.3, 0.4) is 0 Å². The van der Waals surface area contributed by atoms with Gasteiger partial charge >= 0.3 is 0 Å². The average Bonchev–Trinajstić information content (AvgIpc) is 2.29. The van der Waals surface area contributed by atoms with E-state index >= 15 is 0 Å². The lowest BCUT2D eigenvalue weighted by molar-refractivity contribution is 1.05. The fourth-order valence-electron chi connectivity index (χ4n) is 1.62. The van der Waals surface area contributed by atoms with Gasteiger partial charge in [-0.05, 0) is 12.1 Å². The van der Waals surface area contributed by atoms with Crippen molar-refractivity contribution in [3.63, 3.8) is 0 Å². The van der Waals surface area contributed by atoms with E-state index in [1.54, 1.807) is 12.5 Å². The highest BCUT2D eigenvalue weighted by Crippen LogP contribution is 2.26. The summed E-state index contributed by atoms with van der Waals surface area (Å²) in [7, 11) is 0. The van der Waals surface area contributed by atoms with E-state index in [1.165, 1.54) is 0 Å². The predicted molar refractivity (Wildman–Crippen MR) is 55.4 cm³/mol. The second kappa shape index (κ2) is 2.77. The number of hydrogen-bond acceptors (Lipinski definition) is 4. The van der Waals surface area contributed by atoms with Crippen molar-refractivity contribution < 1.29 is 0 Å². The van der Waals surface area contributed by atoms with Gasteiger partial charge in [0.15, 0.2) is 5.65 Å². The minimum Gasteiger partial charge on any atom is -0.346 e. The minimum atomic E-state index is 0.695. The fourth-order valence-corrected chi connectivity index (χ4v) is 1.62. The first kappa shape index (κ1) is 7.44. The molecule has 0 aliphatic carbocycles. The first-order chi connectivity index (χ1) is 6.95. The molecule has 0 bridgehead atoms. The molecule has 1 aliphatic heterocycles. The monoisotopic (exact) mass is 184 g/mol. The normalized spacial score (nSPS) is 13.7. The molecule has 0 saturated heterocycles. The maximum Gasteiger partial charge on any atom is 0.161 e. The Labute approximate surface area is 80.7 Å². The Morgan fingerprint density at radius 2 is 2.29 bits per heavy atom. The molecule has 2 aromatic rings. The van der Waals surface area contributed by atoms with E-state index < -0.39 is 0 Å². The standard InChI is InChI=1S/C10H8N4/c1-2-8-9-7(4-11-6-14-9)5-13-10(8)12-3-1/h1-3,5-6H,4H2,(H,11,14). The molecular weight excluding hydrogens is 176 g/mol. The zero-order valence-electron chi connectivity index (χ0n) is 7.44. The molecule has 0 fully saturated rings. The third-order valence-corrected chi connectivity index (χ3v) is 2.28. The SMILES string of the molecule is C1=NCc2cnc3ncccc3c2N1. The second-order valence-electron chi connectivity index (χ2n) is 3.15. The molecular formula is C10H8N4. The quantitative estimate of drug-likeness (QED) is 0.676. The van der Waals surface area contributed by atoms with Gasteiger partial charge in [0.25, 0.3) is 0 Å². The molecule has 3 heterocycles. The van der Waals surface area contributed by atoms with Crippen LogP contribution in [0.25, 0.3) is 11.0 Å². The molecule has 0 spiro atoms. The zero-order valence-corrected chi connectivity index (χ0v) is 7.44. The van der Waals surface area contributed by atoms with Gasteiger partial charge in [-0.2, -0.15) is 0 Å². The van der Waals surface area contributed by atoms with Crippen molar-refractivity contribution in [1.29, 1.82) is 0 Å². The van der Waals surface area contributed by atoms with Crippen molar-refractivity contribution >= 4 is 23.1 Å². The topological polar surface area (TPSA) is 50.2 Å². The molecule has 0 radical (unpaired) electrons. The summed E-state index contributed by atoms with van der Waals surface area (Å²) in [6.45, 7) is 0.695. The molecule has 4 nitrogen and oxygen atoms in total. The Morgan fingerprint density at radius 3 is 3.29 bits per heavy atom. The molecule has 0 aromatic carbocycles. The van der Waals surface area contributed by atoms with Gasteiger partial charge in [0, 0.05) is 23.3 Å². The van der Waals surface area contributed by atoms with Gasteiger partial charge in [0.05, 0.1) is 18.6 Å². The van der Waals surface area contributed by atoms with Crippen LogP contribution in [-0.4, -0.2) is 16.3 Å². The highest BCUT2D eigenvalue weighted by atomic mass is 15.0. The Balaban J connectivity index is 2.37. The summed E-state index contributed by atoms with van der Waals surface area (Å²) in [6.07, 6.45) is 5.29. The number of rotatable bonds is 0. The summed E-state index contributed by atoms with van der Waals surface area (Å²) < 4.78 is 0. The number of aromatic nitrogens is 2. The number of nitrogens with one attached hydrogen (secondary N) is 1. The Hall–Kier alpha value is -1.97. The van der Waals surface area contributed by atoms with Crippen LogP contribution in [0, 0.1) is 0 Å². The van der Waals surface area contributed by atoms with Crippen molar-refractivity contribution in [2.45, 2.75) is 6.54 Å². The summed E-state index contributed by atoms with van der Waals surface area (Å²) in [5.41, 5.74) is 2.97. The van der Waals surface area contributed by atoms with Crippen molar-refractivity contribution in [3.05, 3.63) is 30.1 Å². The molecule has 1 N–H and O–H groups in total. The summed E-state index contributed by atoms with van der Waals surface area (Å²) in [4.78, 5) is 12.6. The molecule has 14 heavy (non-hydrogen) atoms. The maximum absolute atomic E-state index is 4.27. The number of nitrogens with zero attached hydrogens (tertiary/aromatic N) is 3. The van der Waals surface area contributed by atoms with Crippen LogP contribution in [0.4, 0.5) is 5.69 Å². The molecule has 0 unspecified atom stereocenters. The third-order valence-electron chi connectivity index (χ3n) is 2.28. The highest BCUT2D eigenvalue weighted by molar-refractivity contribution is 5.96. The molecule has 0 amide bonds. The predicted octanol–water partition coefficient (Wildman–Crippen LogP) is 1.58. The number of pyridine rings is 2. The van der Waals surface area contributed by atoms with E-state index in [0.717, 1.165) is 22.3 Å². The number of aliphatic imine (C=N–C) groups is 1. The molecule has 2 aromatic heterocycles. The first-order valence-corrected chi connectivity index (χ1v) is 4.42. The molecule has 0 atom stereocenters. The first-order valence-electron chi connectivity index (χ1n) is 4.42. The Kier molecular flexibility index (Phi) is 1.47. The van der Waals surface area contributed by atoms with Crippen LogP contribution in [0.1, 0.15) is 5.56 Å². The number of hydrogen-bond donors (Lipinski definition) is 1. The van der Waals surface area contributed by atoms with Gasteiger partial charge in [-0.25, -0.2) is 9.97 Å². The lowest BCUT2D eigenvalue weighted by Gasteiger charge is -2.13. The van der Waals surface area contributed by atoms with E-state index in [-0.39, 0.29) is 0 Å². The van der Waals surface area contributed by atoms with Crippen molar-refractivity contribution in [1.82, 2.24) is 9.97 Å². The lowest BCUT2D eigenvalue weighted by Crippen LogP contribution is -2.06. The van der Waals surface area contributed by atoms with Crippen LogP contribution in [0.15, 0.2) is 29.5 Å². The van der Waals surface area contributed by atoms with E-state index in [1.807, 2.05) is 18.3 Å². The third kappa shape index (κ3) is 0.970. The van der Waals surface area contributed by atoms with Gasteiger partial charge in [-0.15, -0.1) is 0 Å². The average molecular weight is 184 g/mol. The zero-order chi connectivity index (χ0) is 9.38. The fraction of sp³-hybridized carbons (Fsp3) is 0.100. The number of anilines is 1. The van der Waals surface area contributed by atoms with Gasteiger partial charge in [0.1, 0.15) is 0 Å². The van der Waals surface area contributed by atoms with E-state index in [0.29, 0.717) is 6.54 Å². The van der Waals surface area contributed by atoms with Gasteiger partial charge < -0.3 is 5.32 Å². The Bertz CT molecular complexity index is 519. The summed E-state index contributed by atoms with van der Waals surface area (Å²) in [5.74, 6) is 0. The highest BCUT2D eigenvalue weighted by Gasteiger charge is 2.09. The second-order valence-corrected chi connectivity index (χ2v) is 3.15. The maximum atomic E-state index is 4.27. The van der Waals surface area contributed by atoms with E-state index in [9.17, 15) is 0 Å². The summed E-state index contributed by atoms with van der Waals surface area (Å²) in [6, 6.07) is 3.93. The molecule has 1 aliphatic rings. The smallest absolute Gasteiger partial charge is 0.161 e. The lowest BCUT2D eigenvalue weighted by atomic mass is 10.1. The van der Waals surface area contributed by atoms with Crippen molar-refractivity contribution in [2.75, 3.05) is 5.32 Å². The number of fused-ring (bicyclic) bond motifs is 3. The molecule has 3 rings (SSSR count). The van der Waals surface area contributed by atoms with Gasteiger partial charge in [0.2, 0.25) is 0 Å². The van der Waals surface area contributed by atoms with Crippen LogP contribution >= 0.6 is 0 Å². The Morgan fingerprint density at radius 1 is 1.29 bits per heavy atom. The largest absolute Gasteiger partial charge is 0.346 e. The molecule has 4 heteroatoms. The summed E-state index contributed by atoms with van der Waals surface area (Å²) in [5, 5.41) is 4.19. The summed E-state index contributed by atoms with van der Waals surface area (Å²) >= 11 is 0. The van der Waals surface area contributed by atoms with Crippen LogP contribution < -0.4 is 5.32 Å². The minimum absolute atomic E-state index is 0.695. The van der Waals surface area contributed by atoms with Crippen molar-refractivity contribution in [2.24, 2.45) is 4.99 Å². The van der Waals surface area contributed by atoms with Crippen LogP contribution in [0.5, 0.6) is 0 Å². The van der Waals surface area contributed by atoms with Gasteiger partial charge in [-0.3, -0.25) is 4.99 Å². The van der Waals surface area contributed by atoms with E-state index in [4.69, 9.17) is 0 Å². The van der Waals surface area contributed by atoms with Crippen LogP contribution in [0.2, 0.25) is 0 Å². The van der Waals surface area contributed by atoms with Crippen molar-refractivity contribution in [3.8, 4) is 0 Å². The van der Waals surface area contributed by atoms with E-state index in [2.05, 4.69) is 20.3 Å². The molecule has 0 saturated carbocycles. The van der Waals surface area contributed by atoms with Gasteiger partial charge in [-0.1, -0.05) is 0 Å².